The van der Waals surface area contributed by atoms with Crippen molar-refractivity contribution in [2.45, 2.75) is 25.8 Å². The zero-order chi connectivity index (χ0) is 8.81. The monoisotopic (exact) mass is 188 g/mol. The van der Waals surface area contributed by atoms with E-state index in [1.807, 2.05) is 0 Å². The van der Waals surface area contributed by atoms with Crippen molar-refractivity contribution >= 4 is 17.7 Å². The van der Waals surface area contributed by atoms with Crippen LogP contribution in [-0.4, -0.2) is 30.1 Å². The molecule has 1 amide bonds. The lowest BCUT2D eigenvalue weighted by Gasteiger charge is -2.09. The van der Waals surface area contributed by atoms with Crippen molar-refractivity contribution in [3.05, 3.63) is 0 Å². The van der Waals surface area contributed by atoms with Crippen LogP contribution in [0.2, 0.25) is 0 Å². The Hall–Kier alpha value is -0.220. The molecule has 4 heteroatoms. The summed E-state index contributed by atoms with van der Waals surface area (Å²) in [6, 6.07) is 0.0480. The molecule has 0 radical (unpaired) electrons. The third kappa shape index (κ3) is 3.03. The van der Waals surface area contributed by atoms with Crippen LogP contribution < -0.4 is 10.6 Å². The number of amides is 1. The summed E-state index contributed by atoms with van der Waals surface area (Å²) < 4.78 is 0. The van der Waals surface area contributed by atoms with Crippen LogP contribution >= 0.6 is 11.8 Å². The van der Waals surface area contributed by atoms with Crippen molar-refractivity contribution < 1.29 is 4.79 Å². The first-order valence-corrected chi connectivity index (χ1v) is 5.59. The average molecular weight is 188 g/mol. The maximum absolute atomic E-state index is 11.3. The third-order valence-corrected chi connectivity index (χ3v) is 2.80. The minimum atomic E-state index is 0.0480. The molecule has 1 saturated heterocycles. The lowest BCUT2D eigenvalue weighted by atomic mass is 10.3. The highest BCUT2D eigenvalue weighted by atomic mass is 32.2. The maximum Gasteiger partial charge on any atom is 0.238 e. The number of rotatable bonds is 4. The van der Waals surface area contributed by atoms with Crippen molar-refractivity contribution in [1.82, 2.24) is 10.6 Å². The first-order chi connectivity index (χ1) is 5.84. The molecule has 3 nitrogen and oxygen atoms in total. The smallest absolute Gasteiger partial charge is 0.238 e. The predicted octanol–water partition coefficient (Wildman–Crippen LogP) is 0.565. The zero-order valence-corrected chi connectivity index (χ0v) is 8.25. The van der Waals surface area contributed by atoms with E-state index in [0.717, 1.165) is 31.0 Å². The second-order valence-electron chi connectivity index (χ2n) is 2.92. The van der Waals surface area contributed by atoms with E-state index in [2.05, 4.69) is 17.6 Å². The summed E-state index contributed by atoms with van der Waals surface area (Å²) >= 11 is 1.78. The predicted molar refractivity (Wildman–Crippen MR) is 52.2 cm³/mol. The van der Waals surface area contributed by atoms with Gasteiger partial charge in [-0.1, -0.05) is 13.3 Å². The number of hydrogen-bond donors (Lipinski definition) is 2. The molecule has 0 bridgehead atoms. The fourth-order valence-corrected chi connectivity index (χ4v) is 2.02. The number of carbonyl (C=O) groups excluding carboxylic acids is 1. The van der Waals surface area contributed by atoms with Gasteiger partial charge >= 0.3 is 0 Å². The van der Waals surface area contributed by atoms with E-state index in [4.69, 9.17) is 0 Å². The van der Waals surface area contributed by atoms with Crippen molar-refractivity contribution in [3.8, 4) is 0 Å². The van der Waals surface area contributed by atoms with Gasteiger partial charge < -0.3 is 5.32 Å². The van der Waals surface area contributed by atoms with Gasteiger partial charge in [-0.05, 0) is 6.42 Å². The Morgan fingerprint density at radius 2 is 2.58 bits per heavy atom. The van der Waals surface area contributed by atoms with Gasteiger partial charge in [-0.15, -0.1) is 11.8 Å². The van der Waals surface area contributed by atoms with Gasteiger partial charge in [0.25, 0.3) is 0 Å². The van der Waals surface area contributed by atoms with Gasteiger partial charge in [-0.2, -0.15) is 0 Å². The van der Waals surface area contributed by atoms with Crippen LogP contribution in [0.1, 0.15) is 19.8 Å². The molecule has 12 heavy (non-hydrogen) atoms. The summed E-state index contributed by atoms with van der Waals surface area (Å²) in [6.45, 7) is 2.94. The van der Waals surface area contributed by atoms with Crippen molar-refractivity contribution in [2.24, 2.45) is 0 Å². The minimum absolute atomic E-state index is 0.0480. The number of unbranched alkanes of at least 4 members (excludes halogenated alkanes) is 1. The molecule has 1 aliphatic rings. The van der Waals surface area contributed by atoms with Crippen molar-refractivity contribution in [2.75, 3.05) is 18.2 Å². The van der Waals surface area contributed by atoms with Crippen molar-refractivity contribution in [3.63, 3.8) is 0 Å². The highest BCUT2D eigenvalue weighted by Crippen LogP contribution is 2.08. The molecule has 0 aromatic rings. The summed E-state index contributed by atoms with van der Waals surface area (Å²) in [4.78, 5) is 11.3. The van der Waals surface area contributed by atoms with Crippen LogP contribution in [0.15, 0.2) is 0 Å². The molecular formula is C8H16N2OS. The Morgan fingerprint density at radius 1 is 1.75 bits per heavy atom. The van der Waals surface area contributed by atoms with E-state index in [1.54, 1.807) is 11.8 Å². The quantitative estimate of drug-likeness (QED) is 0.634. The lowest BCUT2D eigenvalue weighted by molar-refractivity contribution is -0.122. The highest BCUT2D eigenvalue weighted by Gasteiger charge is 2.21. The van der Waals surface area contributed by atoms with Gasteiger partial charge in [0.2, 0.25) is 5.91 Å². The minimum Gasteiger partial charge on any atom is -0.355 e. The summed E-state index contributed by atoms with van der Waals surface area (Å²) in [6.07, 6.45) is 2.21. The molecule has 0 spiro atoms. The molecular weight excluding hydrogens is 172 g/mol. The fourth-order valence-electron chi connectivity index (χ4n) is 1.08. The van der Waals surface area contributed by atoms with Crippen LogP contribution in [0.4, 0.5) is 0 Å². The van der Waals surface area contributed by atoms with Crippen LogP contribution in [0, 0.1) is 0 Å². The maximum atomic E-state index is 11.3. The molecule has 1 heterocycles. The topological polar surface area (TPSA) is 41.1 Å². The normalized spacial score (nSPS) is 22.6. The van der Waals surface area contributed by atoms with Crippen LogP contribution in [0.3, 0.4) is 0 Å². The first kappa shape index (κ1) is 9.86. The Kier molecular flexibility index (Phi) is 4.46. The number of nitrogens with one attached hydrogen (secondary N) is 2. The number of thioether (sulfide) groups is 1. The van der Waals surface area contributed by atoms with Crippen molar-refractivity contribution in [1.29, 1.82) is 0 Å². The molecule has 0 saturated carbocycles. The number of hydrogen-bond acceptors (Lipinski definition) is 3. The van der Waals surface area contributed by atoms with E-state index < -0.39 is 0 Å². The standard InChI is InChI=1S/C8H16N2OS/c1-2-3-4-9-8(11)7-5-12-6-10-7/h7,10H,2-6H2,1H3,(H,9,11)/t7-/m0/s1. The van der Waals surface area contributed by atoms with E-state index in [-0.39, 0.29) is 11.9 Å². The zero-order valence-electron chi connectivity index (χ0n) is 7.43. The summed E-state index contributed by atoms with van der Waals surface area (Å²) in [7, 11) is 0. The van der Waals surface area contributed by atoms with E-state index >= 15 is 0 Å². The SMILES string of the molecule is CCCCNC(=O)[C@@H]1CSCN1. The molecule has 0 unspecified atom stereocenters. The Morgan fingerprint density at radius 3 is 3.17 bits per heavy atom. The second-order valence-corrected chi connectivity index (χ2v) is 3.95. The van der Waals surface area contributed by atoms with E-state index in [0.29, 0.717) is 0 Å². The Bertz CT molecular complexity index is 146. The molecule has 0 aromatic heterocycles. The van der Waals surface area contributed by atoms with Crippen LogP contribution in [-0.2, 0) is 4.79 Å². The van der Waals surface area contributed by atoms with E-state index in [9.17, 15) is 4.79 Å². The second kappa shape index (κ2) is 5.43. The summed E-state index contributed by atoms with van der Waals surface area (Å²) in [5.41, 5.74) is 0. The lowest BCUT2D eigenvalue weighted by Crippen LogP contribution is -2.42. The van der Waals surface area contributed by atoms with Gasteiger partial charge in [-0.25, -0.2) is 0 Å². The molecule has 2 N–H and O–H groups in total. The van der Waals surface area contributed by atoms with E-state index in [1.165, 1.54) is 0 Å². The van der Waals surface area contributed by atoms with Gasteiger partial charge in [0.15, 0.2) is 0 Å². The molecule has 1 fully saturated rings. The summed E-state index contributed by atoms with van der Waals surface area (Å²) in [5.74, 6) is 1.98. The Balaban J connectivity index is 2.10. The van der Waals surface area contributed by atoms with Gasteiger partial charge in [0.05, 0.1) is 6.04 Å². The average Bonchev–Trinajstić information content (AvgIpc) is 2.56. The number of carbonyl (C=O) groups is 1. The first-order valence-electron chi connectivity index (χ1n) is 4.43. The van der Waals surface area contributed by atoms with Crippen LogP contribution in [0.25, 0.3) is 0 Å². The van der Waals surface area contributed by atoms with Crippen LogP contribution in [0.5, 0.6) is 0 Å². The molecule has 70 valence electrons. The molecule has 1 aliphatic heterocycles. The molecule has 1 atom stereocenters. The highest BCUT2D eigenvalue weighted by molar-refractivity contribution is 7.99. The molecule has 0 aliphatic carbocycles. The summed E-state index contributed by atoms with van der Waals surface area (Å²) in [5, 5.41) is 6.04. The largest absolute Gasteiger partial charge is 0.355 e. The van der Waals surface area contributed by atoms with Gasteiger partial charge in [-0.3, -0.25) is 10.1 Å². The molecule has 0 aromatic carbocycles. The third-order valence-electron chi connectivity index (χ3n) is 1.86. The molecule has 1 rings (SSSR count). The fraction of sp³-hybridized carbons (Fsp3) is 0.875. The van der Waals surface area contributed by atoms with Gasteiger partial charge in [0, 0.05) is 18.2 Å². The van der Waals surface area contributed by atoms with Gasteiger partial charge in [0.1, 0.15) is 0 Å². The Labute approximate surface area is 77.7 Å².